The Balaban J connectivity index is 1.97. The first-order valence-corrected chi connectivity index (χ1v) is 8.58. The van der Waals surface area contributed by atoms with E-state index in [0.29, 0.717) is 14.7 Å². The van der Waals surface area contributed by atoms with Crippen LogP contribution in [-0.2, 0) is 4.79 Å². The fraction of sp³-hybridized carbons (Fsp3) is 0.250. The Morgan fingerprint density at radius 3 is 2.58 bits per heavy atom. The van der Waals surface area contributed by atoms with Crippen molar-refractivity contribution in [2.75, 3.05) is 13.6 Å². The van der Waals surface area contributed by atoms with Crippen molar-refractivity contribution in [3.63, 3.8) is 0 Å². The molecule has 0 fully saturated rings. The van der Waals surface area contributed by atoms with Gasteiger partial charge in [-0.25, -0.2) is 0 Å². The summed E-state index contributed by atoms with van der Waals surface area (Å²) in [5.41, 5.74) is 0.776. The van der Waals surface area contributed by atoms with Crippen LogP contribution in [-0.4, -0.2) is 30.3 Å². The van der Waals surface area contributed by atoms with E-state index >= 15 is 0 Å². The number of halogens is 3. The van der Waals surface area contributed by atoms with Gasteiger partial charge in [-0.3, -0.25) is 9.59 Å². The molecule has 0 radical (unpaired) electrons. The summed E-state index contributed by atoms with van der Waals surface area (Å²) in [6.45, 7) is 1.70. The van der Waals surface area contributed by atoms with Crippen LogP contribution in [0.2, 0.25) is 10.0 Å². The molecule has 0 aliphatic carbocycles. The predicted molar refractivity (Wildman–Crippen MR) is 96.4 cm³/mol. The number of benzene rings is 1. The van der Waals surface area contributed by atoms with Gasteiger partial charge >= 0.3 is 0 Å². The largest absolute Gasteiger partial charge is 0.444 e. The number of furan rings is 1. The van der Waals surface area contributed by atoms with E-state index < -0.39 is 5.91 Å². The number of nitrogens with one attached hydrogen (secondary N) is 1. The van der Waals surface area contributed by atoms with Crippen molar-refractivity contribution in [2.24, 2.45) is 0 Å². The molecule has 1 aromatic heterocycles. The van der Waals surface area contributed by atoms with Gasteiger partial charge < -0.3 is 14.6 Å². The predicted octanol–water partition coefficient (Wildman–Crippen LogP) is 4.30. The van der Waals surface area contributed by atoms with Crippen LogP contribution in [0, 0.1) is 0 Å². The molecule has 2 amide bonds. The molecule has 2 rings (SSSR count). The lowest BCUT2D eigenvalue weighted by atomic mass is 10.1. The normalized spacial score (nSPS) is 11.9. The Bertz CT molecular complexity index is 764. The van der Waals surface area contributed by atoms with Crippen LogP contribution in [0.5, 0.6) is 0 Å². The molecule has 1 atom stereocenters. The van der Waals surface area contributed by atoms with Crippen LogP contribution in [0.25, 0.3) is 0 Å². The maximum absolute atomic E-state index is 12.3. The van der Waals surface area contributed by atoms with Crippen LogP contribution in [0.15, 0.2) is 39.4 Å². The average Bonchev–Trinajstić information content (AvgIpc) is 2.97. The smallest absolute Gasteiger partial charge is 0.287 e. The highest BCUT2D eigenvalue weighted by Gasteiger charge is 2.20. The molecule has 1 unspecified atom stereocenters. The van der Waals surface area contributed by atoms with Crippen molar-refractivity contribution in [1.82, 2.24) is 10.2 Å². The number of hydrogen-bond acceptors (Lipinski definition) is 3. The average molecular weight is 434 g/mol. The first-order chi connectivity index (χ1) is 11.3. The number of rotatable bonds is 5. The second-order valence-electron chi connectivity index (χ2n) is 5.13. The number of amides is 2. The zero-order valence-corrected chi connectivity index (χ0v) is 16.1. The van der Waals surface area contributed by atoms with E-state index in [2.05, 4.69) is 21.2 Å². The third-order valence-electron chi connectivity index (χ3n) is 3.58. The second-order valence-corrected chi connectivity index (χ2v) is 6.76. The second kappa shape index (κ2) is 8.05. The van der Waals surface area contributed by atoms with Gasteiger partial charge in [0.2, 0.25) is 5.91 Å². The topological polar surface area (TPSA) is 62.6 Å². The molecular weight excluding hydrogens is 419 g/mol. The first-order valence-electron chi connectivity index (χ1n) is 7.03. The van der Waals surface area contributed by atoms with Crippen molar-refractivity contribution in [3.05, 3.63) is 56.4 Å². The molecule has 8 heteroatoms. The minimum absolute atomic E-state index is 0.131. The molecule has 0 saturated carbocycles. The molecule has 128 valence electrons. The molecule has 1 heterocycles. The van der Waals surface area contributed by atoms with Crippen LogP contribution < -0.4 is 5.32 Å². The van der Waals surface area contributed by atoms with Gasteiger partial charge in [-0.05, 0) is 52.7 Å². The SMILES string of the molecule is CC(c1ccc(Cl)cc1Cl)N(C)C(=O)CNC(=O)c1ccc(Br)o1. The minimum Gasteiger partial charge on any atom is -0.444 e. The number of carbonyl (C=O) groups is 2. The summed E-state index contributed by atoms with van der Waals surface area (Å²) in [7, 11) is 1.65. The summed E-state index contributed by atoms with van der Waals surface area (Å²) in [5.74, 6) is -0.585. The van der Waals surface area contributed by atoms with E-state index in [-0.39, 0.29) is 24.3 Å². The standard InChI is InChI=1S/C16H15BrCl2N2O3/c1-9(11-4-3-10(18)7-12(11)19)21(2)15(22)8-20-16(23)13-5-6-14(17)24-13/h3-7,9H,8H2,1-2H3,(H,20,23). The van der Waals surface area contributed by atoms with Gasteiger partial charge in [0.25, 0.3) is 5.91 Å². The van der Waals surface area contributed by atoms with Gasteiger partial charge in [0.15, 0.2) is 10.4 Å². The van der Waals surface area contributed by atoms with Gasteiger partial charge in [0.05, 0.1) is 12.6 Å². The Morgan fingerprint density at radius 1 is 1.29 bits per heavy atom. The van der Waals surface area contributed by atoms with Gasteiger partial charge in [-0.2, -0.15) is 0 Å². The zero-order chi connectivity index (χ0) is 17.9. The molecule has 0 aliphatic heterocycles. The van der Waals surface area contributed by atoms with Gasteiger partial charge in [0, 0.05) is 17.1 Å². The summed E-state index contributed by atoms with van der Waals surface area (Å²) in [5, 5.41) is 3.54. The highest BCUT2D eigenvalue weighted by Crippen LogP contribution is 2.29. The lowest BCUT2D eigenvalue weighted by molar-refractivity contribution is -0.130. The number of hydrogen-bond donors (Lipinski definition) is 1. The summed E-state index contributed by atoms with van der Waals surface area (Å²) in [6.07, 6.45) is 0. The molecule has 1 N–H and O–H groups in total. The van der Waals surface area contributed by atoms with E-state index in [4.69, 9.17) is 27.6 Å². The van der Waals surface area contributed by atoms with E-state index in [1.54, 1.807) is 31.3 Å². The molecule has 0 spiro atoms. The minimum atomic E-state index is -0.459. The Kier molecular flexibility index (Phi) is 6.32. The highest BCUT2D eigenvalue weighted by molar-refractivity contribution is 9.10. The van der Waals surface area contributed by atoms with Crippen molar-refractivity contribution in [3.8, 4) is 0 Å². The lowest BCUT2D eigenvalue weighted by Crippen LogP contribution is -2.39. The third-order valence-corrected chi connectivity index (χ3v) is 4.57. The third kappa shape index (κ3) is 4.53. The van der Waals surface area contributed by atoms with E-state index in [1.165, 1.54) is 11.0 Å². The fourth-order valence-electron chi connectivity index (χ4n) is 2.07. The van der Waals surface area contributed by atoms with Crippen molar-refractivity contribution in [1.29, 1.82) is 0 Å². The lowest BCUT2D eigenvalue weighted by Gasteiger charge is -2.26. The van der Waals surface area contributed by atoms with Gasteiger partial charge in [0.1, 0.15) is 0 Å². The highest BCUT2D eigenvalue weighted by atomic mass is 79.9. The Hall–Kier alpha value is -1.50. The molecule has 1 aromatic carbocycles. The van der Waals surface area contributed by atoms with Crippen molar-refractivity contribution in [2.45, 2.75) is 13.0 Å². The van der Waals surface area contributed by atoms with Crippen LogP contribution in [0.4, 0.5) is 0 Å². The monoisotopic (exact) mass is 432 g/mol. The molecule has 0 aliphatic rings. The van der Waals surface area contributed by atoms with Crippen LogP contribution in [0.3, 0.4) is 0 Å². The van der Waals surface area contributed by atoms with E-state index in [9.17, 15) is 9.59 Å². The fourth-order valence-corrected chi connectivity index (χ4v) is 2.94. The zero-order valence-electron chi connectivity index (χ0n) is 13.0. The molecule has 24 heavy (non-hydrogen) atoms. The maximum Gasteiger partial charge on any atom is 0.287 e. The number of carbonyl (C=O) groups excluding carboxylic acids is 2. The summed E-state index contributed by atoms with van der Waals surface area (Å²) in [6, 6.07) is 7.98. The molecule has 0 saturated heterocycles. The first kappa shape index (κ1) is 18.8. The Labute approximate surface area is 158 Å². The van der Waals surface area contributed by atoms with Gasteiger partial charge in [-0.15, -0.1) is 0 Å². The summed E-state index contributed by atoms with van der Waals surface area (Å²) >= 11 is 15.2. The van der Waals surface area contributed by atoms with Crippen LogP contribution >= 0.6 is 39.1 Å². The van der Waals surface area contributed by atoms with Crippen molar-refractivity contribution < 1.29 is 14.0 Å². The molecule has 5 nitrogen and oxygen atoms in total. The Morgan fingerprint density at radius 2 is 2.00 bits per heavy atom. The van der Waals surface area contributed by atoms with E-state index in [0.717, 1.165) is 5.56 Å². The van der Waals surface area contributed by atoms with Gasteiger partial charge in [-0.1, -0.05) is 29.3 Å². The van der Waals surface area contributed by atoms with Crippen molar-refractivity contribution >= 4 is 50.9 Å². The molecule has 2 aromatic rings. The van der Waals surface area contributed by atoms with E-state index in [1.807, 2.05) is 6.92 Å². The number of likely N-dealkylation sites (N-methyl/N-ethyl adjacent to an activating group) is 1. The maximum atomic E-state index is 12.3. The molecular formula is C16H15BrCl2N2O3. The summed E-state index contributed by atoms with van der Waals surface area (Å²) in [4.78, 5) is 25.7. The quantitative estimate of drug-likeness (QED) is 0.764. The number of nitrogens with zero attached hydrogens (tertiary/aromatic N) is 1. The van der Waals surface area contributed by atoms with Crippen LogP contribution in [0.1, 0.15) is 29.1 Å². The summed E-state index contributed by atoms with van der Waals surface area (Å²) < 4.78 is 5.58. The molecule has 0 bridgehead atoms.